The molecule has 0 radical (unpaired) electrons. The summed E-state index contributed by atoms with van der Waals surface area (Å²) >= 11 is 0. The number of pyridine rings is 1. The maximum Gasteiger partial charge on any atom is 0.126 e. The molecule has 0 aromatic carbocycles. The normalized spacial score (nSPS) is 10.7. The van der Waals surface area contributed by atoms with E-state index in [4.69, 9.17) is 5.73 Å². The van der Waals surface area contributed by atoms with Gasteiger partial charge in [-0.3, -0.25) is 0 Å². The van der Waals surface area contributed by atoms with Crippen LogP contribution < -0.4 is 5.73 Å². The Bertz CT molecular complexity index is 267. The Labute approximate surface area is 73.8 Å². The highest BCUT2D eigenvalue weighted by Crippen LogP contribution is 2.17. The minimum absolute atomic E-state index is 0.531. The summed E-state index contributed by atoms with van der Waals surface area (Å²) in [6.45, 7) is 6.41. The van der Waals surface area contributed by atoms with Gasteiger partial charge < -0.3 is 5.73 Å². The van der Waals surface area contributed by atoms with E-state index in [0.29, 0.717) is 11.7 Å². The first-order valence-electron chi connectivity index (χ1n) is 4.39. The fraction of sp³-hybridized carbons (Fsp3) is 0.500. The molecule has 1 heterocycles. The average molecular weight is 164 g/mol. The van der Waals surface area contributed by atoms with Crippen LogP contribution >= 0.6 is 0 Å². The van der Waals surface area contributed by atoms with Gasteiger partial charge in [0.15, 0.2) is 0 Å². The van der Waals surface area contributed by atoms with Gasteiger partial charge in [-0.15, -0.1) is 0 Å². The first-order chi connectivity index (χ1) is 5.65. The summed E-state index contributed by atoms with van der Waals surface area (Å²) in [5.74, 6) is 1.20. The van der Waals surface area contributed by atoms with Crippen LogP contribution in [0.3, 0.4) is 0 Å². The van der Waals surface area contributed by atoms with Crippen LogP contribution in [0, 0.1) is 0 Å². The molecule has 0 amide bonds. The van der Waals surface area contributed by atoms with Crippen molar-refractivity contribution in [2.45, 2.75) is 33.1 Å². The number of rotatable bonds is 2. The van der Waals surface area contributed by atoms with Gasteiger partial charge >= 0.3 is 0 Å². The second kappa shape index (κ2) is 3.57. The topological polar surface area (TPSA) is 38.9 Å². The highest BCUT2D eigenvalue weighted by molar-refractivity contribution is 5.41. The summed E-state index contributed by atoms with van der Waals surface area (Å²) < 4.78 is 0. The van der Waals surface area contributed by atoms with Gasteiger partial charge in [0, 0.05) is 6.20 Å². The lowest BCUT2D eigenvalue weighted by molar-refractivity contribution is 0.853. The van der Waals surface area contributed by atoms with Crippen LogP contribution in [0.2, 0.25) is 0 Å². The maximum atomic E-state index is 5.69. The predicted molar refractivity (Wildman–Crippen MR) is 52.1 cm³/mol. The van der Waals surface area contributed by atoms with Crippen molar-refractivity contribution in [3.05, 3.63) is 23.4 Å². The average Bonchev–Trinajstić information content (AvgIpc) is 2.05. The van der Waals surface area contributed by atoms with Crippen LogP contribution in [0.1, 0.15) is 37.8 Å². The van der Waals surface area contributed by atoms with Gasteiger partial charge in [-0.2, -0.15) is 0 Å². The number of anilines is 1. The number of nitrogen functional groups attached to an aromatic ring is 1. The largest absolute Gasteiger partial charge is 0.383 e. The van der Waals surface area contributed by atoms with Crippen LogP contribution in [0.25, 0.3) is 0 Å². The standard InChI is InChI=1S/C10H16N2/c1-4-8-5-9(7(2)3)6-12-10(8)11/h5-7H,4H2,1-3H3,(H2,11,12). The van der Waals surface area contributed by atoms with E-state index in [1.807, 2.05) is 6.20 Å². The van der Waals surface area contributed by atoms with Gasteiger partial charge in [-0.25, -0.2) is 4.98 Å². The molecule has 0 spiro atoms. The van der Waals surface area contributed by atoms with E-state index < -0.39 is 0 Å². The Kier molecular flexibility index (Phi) is 2.69. The van der Waals surface area contributed by atoms with E-state index >= 15 is 0 Å². The zero-order chi connectivity index (χ0) is 9.14. The molecule has 1 aromatic heterocycles. The van der Waals surface area contributed by atoms with Gasteiger partial charge in [-0.05, 0) is 23.5 Å². The monoisotopic (exact) mass is 164 g/mol. The smallest absolute Gasteiger partial charge is 0.126 e. The quantitative estimate of drug-likeness (QED) is 0.728. The molecule has 0 fully saturated rings. The third-order valence-corrected chi connectivity index (χ3v) is 2.07. The summed E-state index contributed by atoms with van der Waals surface area (Å²) in [5, 5.41) is 0. The summed E-state index contributed by atoms with van der Waals surface area (Å²) in [5.41, 5.74) is 8.11. The second-order valence-corrected chi connectivity index (χ2v) is 3.32. The molecule has 0 saturated carbocycles. The summed E-state index contributed by atoms with van der Waals surface area (Å²) in [7, 11) is 0. The molecule has 2 nitrogen and oxygen atoms in total. The first kappa shape index (κ1) is 9.04. The van der Waals surface area contributed by atoms with Crippen molar-refractivity contribution in [3.8, 4) is 0 Å². The molecule has 0 atom stereocenters. The van der Waals surface area contributed by atoms with Crippen molar-refractivity contribution in [1.82, 2.24) is 4.98 Å². The lowest BCUT2D eigenvalue weighted by Crippen LogP contribution is -1.99. The summed E-state index contributed by atoms with van der Waals surface area (Å²) in [4.78, 5) is 4.15. The highest BCUT2D eigenvalue weighted by Gasteiger charge is 2.03. The Morgan fingerprint density at radius 3 is 2.67 bits per heavy atom. The van der Waals surface area contributed by atoms with Crippen LogP contribution in [-0.2, 0) is 6.42 Å². The van der Waals surface area contributed by atoms with E-state index in [-0.39, 0.29) is 0 Å². The summed E-state index contributed by atoms with van der Waals surface area (Å²) in [6, 6.07) is 2.15. The molecule has 12 heavy (non-hydrogen) atoms. The number of hydrogen-bond donors (Lipinski definition) is 1. The van der Waals surface area contributed by atoms with E-state index in [2.05, 4.69) is 31.8 Å². The molecule has 2 N–H and O–H groups in total. The SMILES string of the molecule is CCc1cc(C(C)C)cnc1N. The fourth-order valence-corrected chi connectivity index (χ4v) is 1.14. The van der Waals surface area contributed by atoms with Gasteiger partial charge in [-0.1, -0.05) is 26.8 Å². The third kappa shape index (κ3) is 1.76. The van der Waals surface area contributed by atoms with Crippen molar-refractivity contribution in [1.29, 1.82) is 0 Å². The summed E-state index contributed by atoms with van der Waals surface area (Å²) in [6.07, 6.45) is 2.82. The van der Waals surface area contributed by atoms with E-state index in [1.54, 1.807) is 0 Å². The Morgan fingerprint density at radius 2 is 2.17 bits per heavy atom. The van der Waals surface area contributed by atoms with E-state index in [9.17, 15) is 0 Å². The van der Waals surface area contributed by atoms with Crippen LogP contribution in [0.4, 0.5) is 5.82 Å². The van der Waals surface area contributed by atoms with Gasteiger partial charge in [0.2, 0.25) is 0 Å². The van der Waals surface area contributed by atoms with Crippen LogP contribution in [0.5, 0.6) is 0 Å². The third-order valence-electron chi connectivity index (χ3n) is 2.07. The van der Waals surface area contributed by atoms with E-state index in [1.165, 1.54) is 5.56 Å². The van der Waals surface area contributed by atoms with Crippen molar-refractivity contribution in [2.24, 2.45) is 0 Å². The second-order valence-electron chi connectivity index (χ2n) is 3.32. The van der Waals surface area contributed by atoms with Crippen molar-refractivity contribution < 1.29 is 0 Å². The van der Waals surface area contributed by atoms with E-state index in [0.717, 1.165) is 12.0 Å². The molecule has 0 bridgehead atoms. The predicted octanol–water partition coefficient (Wildman–Crippen LogP) is 2.35. The van der Waals surface area contributed by atoms with Gasteiger partial charge in [0.1, 0.15) is 5.82 Å². The molecule has 0 aliphatic heterocycles. The van der Waals surface area contributed by atoms with Gasteiger partial charge in [0.05, 0.1) is 0 Å². The molecule has 66 valence electrons. The number of hydrogen-bond acceptors (Lipinski definition) is 2. The van der Waals surface area contributed by atoms with Crippen molar-refractivity contribution in [2.75, 3.05) is 5.73 Å². The molecular weight excluding hydrogens is 148 g/mol. The molecule has 1 rings (SSSR count). The zero-order valence-electron chi connectivity index (χ0n) is 7.96. The minimum atomic E-state index is 0.531. The molecule has 0 saturated heterocycles. The number of aryl methyl sites for hydroxylation is 1. The maximum absolute atomic E-state index is 5.69. The Balaban J connectivity index is 3.05. The molecule has 1 aromatic rings. The molecule has 0 aliphatic rings. The van der Waals surface area contributed by atoms with Crippen molar-refractivity contribution in [3.63, 3.8) is 0 Å². The van der Waals surface area contributed by atoms with Crippen molar-refractivity contribution >= 4 is 5.82 Å². The highest BCUT2D eigenvalue weighted by atomic mass is 14.8. The number of aromatic nitrogens is 1. The fourth-order valence-electron chi connectivity index (χ4n) is 1.14. The number of nitrogens with two attached hydrogens (primary N) is 1. The molecule has 0 aliphatic carbocycles. The minimum Gasteiger partial charge on any atom is -0.383 e. The first-order valence-corrected chi connectivity index (χ1v) is 4.39. The molecular formula is C10H16N2. The lowest BCUT2D eigenvalue weighted by Gasteiger charge is -2.08. The Hall–Kier alpha value is -1.05. The lowest BCUT2D eigenvalue weighted by atomic mass is 10.0. The molecule has 0 unspecified atom stereocenters. The van der Waals surface area contributed by atoms with Crippen LogP contribution in [-0.4, -0.2) is 4.98 Å². The molecule has 2 heteroatoms. The Morgan fingerprint density at radius 1 is 1.50 bits per heavy atom. The van der Waals surface area contributed by atoms with Gasteiger partial charge in [0.25, 0.3) is 0 Å². The van der Waals surface area contributed by atoms with Crippen LogP contribution in [0.15, 0.2) is 12.3 Å². The number of nitrogens with zero attached hydrogens (tertiary/aromatic N) is 1. The zero-order valence-corrected chi connectivity index (χ0v) is 7.96.